The van der Waals surface area contributed by atoms with Crippen LogP contribution in [0.2, 0.25) is 0 Å². The molecule has 106 valence electrons. The van der Waals surface area contributed by atoms with Crippen LogP contribution < -0.4 is 10.1 Å². The third-order valence-electron chi connectivity index (χ3n) is 3.36. The van der Waals surface area contributed by atoms with Gasteiger partial charge >= 0.3 is 0 Å². The van der Waals surface area contributed by atoms with Crippen molar-refractivity contribution in [3.05, 3.63) is 30.2 Å². The van der Waals surface area contributed by atoms with Crippen molar-refractivity contribution in [3.63, 3.8) is 0 Å². The number of benzene rings is 1. The number of piperazine rings is 1. The lowest BCUT2D eigenvalue weighted by atomic mass is 10.2. The van der Waals surface area contributed by atoms with Gasteiger partial charge in [0.1, 0.15) is 5.75 Å². The van der Waals surface area contributed by atoms with E-state index in [0.29, 0.717) is 18.3 Å². The summed E-state index contributed by atoms with van der Waals surface area (Å²) >= 11 is 0. The maximum Gasteiger partial charge on any atom is 0.241 e. The second-order valence-corrected chi connectivity index (χ2v) is 4.77. The normalized spacial score (nSPS) is 16.2. The standard InChI is InChI=1S/C14H18N4O2/c1-19-12-4-2-3-11(9-12)14-16-13(20-17-14)10-18-7-5-15-6-8-18/h2-4,9,15H,5-8,10H2,1H3. The van der Waals surface area contributed by atoms with Crippen LogP contribution in [-0.2, 0) is 6.54 Å². The third kappa shape index (κ3) is 2.97. The van der Waals surface area contributed by atoms with Gasteiger partial charge in [-0.2, -0.15) is 4.98 Å². The van der Waals surface area contributed by atoms with Crippen LogP contribution in [0, 0.1) is 0 Å². The van der Waals surface area contributed by atoms with Crippen LogP contribution in [0.15, 0.2) is 28.8 Å². The van der Waals surface area contributed by atoms with Gasteiger partial charge in [-0.1, -0.05) is 17.3 Å². The largest absolute Gasteiger partial charge is 0.497 e. The molecule has 3 rings (SSSR count). The Balaban J connectivity index is 1.72. The molecule has 1 aliphatic heterocycles. The molecule has 1 aromatic carbocycles. The highest BCUT2D eigenvalue weighted by Gasteiger charge is 2.15. The summed E-state index contributed by atoms with van der Waals surface area (Å²) in [5, 5.41) is 7.37. The number of nitrogens with one attached hydrogen (secondary N) is 1. The van der Waals surface area contributed by atoms with Gasteiger partial charge < -0.3 is 14.6 Å². The molecule has 0 spiro atoms. The highest BCUT2D eigenvalue weighted by Crippen LogP contribution is 2.21. The SMILES string of the molecule is COc1cccc(-c2noc(CN3CCNCC3)n2)c1. The quantitative estimate of drug-likeness (QED) is 0.902. The van der Waals surface area contributed by atoms with Crippen molar-refractivity contribution in [1.82, 2.24) is 20.4 Å². The lowest BCUT2D eigenvalue weighted by molar-refractivity contribution is 0.203. The lowest BCUT2D eigenvalue weighted by Gasteiger charge is -2.25. The van der Waals surface area contributed by atoms with Crippen LogP contribution in [0.4, 0.5) is 0 Å². The topological polar surface area (TPSA) is 63.4 Å². The molecule has 6 nitrogen and oxygen atoms in total. The summed E-state index contributed by atoms with van der Waals surface area (Å²) in [6.45, 7) is 4.75. The predicted molar refractivity (Wildman–Crippen MR) is 74.4 cm³/mol. The molecule has 20 heavy (non-hydrogen) atoms. The Kier molecular flexibility index (Phi) is 3.94. The fourth-order valence-corrected chi connectivity index (χ4v) is 2.26. The molecule has 0 unspecified atom stereocenters. The Labute approximate surface area is 117 Å². The van der Waals surface area contributed by atoms with E-state index < -0.39 is 0 Å². The summed E-state index contributed by atoms with van der Waals surface area (Å²) in [4.78, 5) is 6.76. The number of rotatable bonds is 4. The summed E-state index contributed by atoms with van der Waals surface area (Å²) in [6, 6.07) is 7.66. The zero-order chi connectivity index (χ0) is 13.8. The zero-order valence-electron chi connectivity index (χ0n) is 11.5. The van der Waals surface area contributed by atoms with Crippen LogP contribution in [0.1, 0.15) is 5.89 Å². The number of ether oxygens (including phenoxy) is 1. The fourth-order valence-electron chi connectivity index (χ4n) is 2.26. The first-order valence-electron chi connectivity index (χ1n) is 6.75. The smallest absolute Gasteiger partial charge is 0.241 e. The highest BCUT2D eigenvalue weighted by molar-refractivity contribution is 5.56. The van der Waals surface area contributed by atoms with Gasteiger partial charge in [-0.15, -0.1) is 0 Å². The lowest BCUT2D eigenvalue weighted by Crippen LogP contribution is -2.42. The van der Waals surface area contributed by atoms with E-state index in [2.05, 4.69) is 20.4 Å². The fraction of sp³-hybridized carbons (Fsp3) is 0.429. The van der Waals surface area contributed by atoms with Gasteiger partial charge in [0.25, 0.3) is 0 Å². The number of hydrogen-bond donors (Lipinski definition) is 1. The van der Waals surface area contributed by atoms with Crippen molar-refractivity contribution in [3.8, 4) is 17.1 Å². The molecule has 0 atom stereocenters. The molecular formula is C14H18N4O2. The van der Waals surface area contributed by atoms with Crippen LogP contribution in [-0.4, -0.2) is 48.3 Å². The first-order valence-corrected chi connectivity index (χ1v) is 6.75. The Hall–Kier alpha value is -1.92. The molecule has 2 heterocycles. The van der Waals surface area contributed by atoms with Crippen LogP contribution in [0.25, 0.3) is 11.4 Å². The van der Waals surface area contributed by atoms with E-state index >= 15 is 0 Å². The average Bonchev–Trinajstić information content (AvgIpc) is 2.97. The molecular weight excluding hydrogens is 256 g/mol. The predicted octanol–water partition coefficient (Wildman–Crippen LogP) is 1.15. The van der Waals surface area contributed by atoms with Gasteiger partial charge in [-0.25, -0.2) is 0 Å². The third-order valence-corrected chi connectivity index (χ3v) is 3.36. The minimum absolute atomic E-state index is 0.606. The second kappa shape index (κ2) is 6.02. The first-order chi connectivity index (χ1) is 9.85. The van der Waals surface area contributed by atoms with Crippen LogP contribution >= 0.6 is 0 Å². The van der Waals surface area contributed by atoms with Crippen molar-refractivity contribution < 1.29 is 9.26 Å². The zero-order valence-corrected chi connectivity index (χ0v) is 11.5. The van der Waals surface area contributed by atoms with Crippen molar-refractivity contribution in [2.24, 2.45) is 0 Å². The summed E-state index contributed by atoms with van der Waals surface area (Å²) < 4.78 is 10.5. The van der Waals surface area contributed by atoms with Crippen molar-refractivity contribution >= 4 is 0 Å². The van der Waals surface area contributed by atoms with Crippen LogP contribution in [0.3, 0.4) is 0 Å². The molecule has 1 aromatic heterocycles. The van der Waals surface area contributed by atoms with E-state index in [1.807, 2.05) is 24.3 Å². The van der Waals surface area contributed by atoms with Gasteiger partial charge in [-0.05, 0) is 12.1 Å². The summed E-state index contributed by atoms with van der Waals surface area (Å²) in [5.41, 5.74) is 0.902. The Morgan fingerprint density at radius 1 is 1.35 bits per heavy atom. The van der Waals surface area contributed by atoms with Crippen molar-refractivity contribution in [2.75, 3.05) is 33.3 Å². The Morgan fingerprint density at radius 2 is 2.20 bits per heavy atom. The molecule has 0 amide bonds. The molecule has 0 saturated carbocycles. The molecule has 0 bridgehead atoms. The summed E-state index contributed by atoms with van der Waals surface area (Å²) in [7, 11) is 1.64. The van der Waals surface area contributed by atoms with E-state index in [4.69, 9.17) is 9.26 Å². The van der Waals surface area contributed by atoms with Crippen molar-refractivity contribution in [2.45, 2.75) is 6.54 Å². The summed E-state index contributed by atoms with van der Waals surface area (Å²) in [5.74, 6) is 2.05. The maximum absolute atomic E-state index is 5.33. The molecule has 1 aliphatic rings. The minimum atomic E-state index is 0.606. The van der Waals surface area contributed by atoms with Gasteiger partial charge in [0.2, 0.25) is 11.7 Å². The minimum Gasteiger partial charge on any atom is -0.497 e. The molecule has 2 aromatic rings. The van der Waals surface area contributed by atoms with E-state index in [1.54, 1.807) is 7.11 Å². The molecule has 0 aliphatic carbocycles. The average molecular weight is 274 g/mol. The number of hydrogen-bond acceptors (Lipinski definition) is 6. The highest BCUT2D eigenvalue weighted by atomic mass is 16.5. The number of nitrogens with zero attached hydrogens (tertiary/aromatic N) is 3. The van der Waals surface area contributed by atoms with E-state index in [0.717, 1.165) is 37.5 Å². The van der Waals surface area contributed by atoms with Crippen LogP contribution in [0.5, 0.6) is 5.75 Å². The summed E-state index contributed by atoms with van der Waals surface area (Å²) in [6.07, 6.45) is 0. The Morgan fingerprint density at radius 3 is 3.00 bits per heavy atom. The van der Waals surface area contributed by atoms with Gasteiger partial charge in [0.15, 0.2) is 0 Å². The first kappa shape index (κ1) is 13.1. The van der Waals surface area contributed by atoms with E-state index in [1.165, 1.54) is 0 Å². The number of methoxy groups -OCH3 is 1. The van der Waals surface area contributed by atoms with Crippen molar-refractivity contribution in [1.29, 1.82) is 0 Å². The maximum atomic E-state index is 5.33. The van der Waals surface area contributed by atoms with Gasteiger partial charge in [0, 0.05) is 31.7 Å². The van der Waals surface area contributed by atoms with Gasteiger partial charge in [0.05, 0.1) is 13.7 Å². The molecule has 1 N–H and O–H groups in total. The number of aromatic nitrogens is 2. The molecule has 0 radical (unpaired) electrons. The van der Waals surface area contributed by atoms with E-state index in [-0.39, 0.29) is 0 Å². The van der Waals surface area contributed by atoms with Gasteiger partial charge in [-0.3, -0.25) is 4.90 Å². The Bertz CT molecular complexity index is 564. The molecule has 1 fully saturated rings. The molecule has 6 heteroatoms. The molecule has 1 saturated heterocycles. The van der Waals surface area contributed by atoms with E-state index in [9.17, 15) is 0 Å². The second-order valence-electron chi connectivity index (χ2n) is 4.77. The monoisotopic (exact) mass is 274 g/mol.